The van der Waals surface area contributed by atoms with Crippen LogP contribution in [-0.2, 0) is 10.0 Å². The lowest BCUT2D eigenvalue weighted by atomic mass is 9.94. The number of nitrogens with zero attached hydrogens (tertiary/aromatic N) is 2. The van der Waals surface area contributed by atoms with Gasteiger partial charge in [0.15, 0.2) is 0 Å². The standard InChI is InChI=1S/C19H27N5O3S/c1-13(2)14-6-4-8-16(10-14)21-19(25)24-9-5-7-15(12-24)18-17(11-20-22-18)23-28(3,26)27/h4,6,8,10-11,13,15,23H,5,7,9,12H2,1-3H3,(H,20,22)(H,21,25)/t15-/m1/s1. The maximum atomic E-state index is 12.8. The van der Waals surface area contributed by atoms with Gasteiger partial charge in [-0.15, -0.1) is 0 Å². The van der Waals surface area contributed by atoms with Gasteiger partial charge in [-0.3, -0.25) is 9.82 Å². The molecule has 28 heavy (non-hydrogen) atoms. The summed E-state index contributed by atoms with van der Waals surface area (Å²) >= 11 is 0. The molecule has 0 spiro atoms. The summed E-state index contributed by atoms with van der Waals surface area (Å²) in [5.74, 6) is 0.380. The van der Waals surface area contributed by atoms with Crippen LogP contribution in [0.1, 0.15) is 49.8 Å². The molecule has 9 heteroatoms. The van der Waals surface area contributed by atoms with Gasteiger partial charge in [0.25, 0.3) is 0 Å². The first-order valence-corrected chi connectivity index (χ1v) is 11.3. The molecule has 1 aliphatic rings. The first-order chi connectivity index (χ1) is 13.2. The number of likely N-dealkylation sites (tertiary alicyclic amines) is 1. The lowest BCUT2D eigenvalue weighted by Gasteiger charge is -2.32. The van der Waals surface area contributed by atoms with Gasteiger partial charge in [0.1, 0.15) is 0 Å². The third-order valence-electron chi connectivity index (χ3n) is 4.89. The van der Waals surface area contributed by atoms with E-state index in [9.17, 15) is 13.2 Å². The number of hydrogen-bond acceptors (Lipinski definition) is 4. The zero-order valence-electron chi connectivity index (χ0n) is 16.4. The molecule has 3 rings (SSSR count). The molecule has 1 atom stereocenters. The van der Waals surface area contributed by atoms with E-state index in [4.69, 9.17) is 0 Å². The normalized spacial score (nSPS) is 17.6. The van der Waals surface area contributed by atoms with Crippen LogP contribution in [-0.4, -0.2) is 48.9 Å². The number of carbonyl (C=O) groups excluding carboxylic acids is 1. The highest BCUT2D eigenvalue weighted by atomic mass is 32.2. The summed E-state index contributed by atoms with van der Waals surface area (Å²) in [4.78, 5) is 14.5. The van der Waals surface area contributed by atoms with Crippen LogP contribution in [0.3, 0.4) is 0 Å². The fourth-order valence-corrected chi connectivity index (χ4v) is 4.03. The largest absolute Gasteiger partial charge is 0.324 e. The van der Waals surface area contributed by atoms with E-state index in [0.717, 1.165) is 24.8 Å². The number of sulfonamides is 1. The van der Waals surface area contributed by atoms with Gasteiger partial charge >= 0.3 is 6.03 Å². The second-order valence-corrected chi connectivity index (χ2v) is 9.32. The average molecular weight is 406 g/mol. The van der Waals surface area contributed by atoms with E-state index in [1.165, 1.54) is 11.8 Å². The molecular formula is C19H27N5O3S. The van der Waals surface area contributed by atoms with E-state index in [-0.39, 0.29) is 11.9 Å². The minimum Gasteiger partial charge on any atom is -0.324 e. The van der Waals surface area contributed by atoms with Crippen LogP contribution in [0.25, 0.3) is 0 Å². The number of aromatic nitrogens is 2. The first kappa shape index (κ1) is 20.2. The van der Waals surface area contributed by atoms with Crippen molar-refractivity contribution in [3.8, 4) is 0 Å². The molecular weight excluding hydrogens is 378 g/mol. The number of piperidine rings is 1. The Balaban J connectivity index is 1.69. The zero-order valence-corrected chi connectivity index (χ0v) is 17.2. The number of carbonyl (C=O) groups is 1. The van der Waals surface area contributed by atoms with E-state index in [1.54, 1.807) is 4.90 Å². The highest BCUT2D eigenvalue weighted by Gasteiger charge is 2.28. The molecule has 3 N–H and O–H groups in total. The lowest BCUT2D eigenvalue weighted by Crippen LogP contribution is -2.41. The Kier molecular flexibility index (Phi) is 5.93. The molecule has 1 aromatic heterocycles. The molecule has 2 amide bonds. The third-order valence-corrected chi connectivity index (χ3v) is 5.48. The smallest absolute Gasteiger partial charge is 0.321 e. The zero-order chi connectivity index (χ0) is 20.3. The summed E-state index contributed by atoms with van der Waals surface area (Å²) in [7, 11) is -3.39. The van der Waals surface area contributed by atoms with Gasteiger partial charge in [-0.25, -0.2) is 13.2 Å². The van der Waals surface area contributed by atoms with Crippen molar-refractivity contribution in [2.24, 2.45) is 0 Å². The second kappa shape index (κ2) is 8.22. The SMILES string of the molecule is CC(C)c1cccc(NC(=O)N2CCC[C@@H](c3[nH]ncc3NS(C)(=O)=O)C2)c1. The Labute approximate surface area is 165 Å². The molecule has 8 nitrogen and oxygen atoms in total. The van der Waals surface area contributed by atoms with E-state index < -0.39 is 10.0 Å². The van der Waals surface area contributed by atoms with E-state index >= 15 is 0 Å². The number of H-pyrrole nitrogens is 1. The monoisotopic (exact) mass is 405 g/mol. The Morgan fingerprint density at radius 2 is 2.14 bits per heavy atom. The topological polar surface area (TPSA) is 107 Å². The van der Waals surface area contributed by atoms with E-state index in [2.05, 4.69) is 34.1 Å². The van der Waals surface area contributed by atoms with Crippen LogP contribution in [0.2, 0.25) is 0 Å². The number of hydrogen-bond donors (Lipinski definition) is 3. The Morgan fingerprint density at radius 3 is 2.86 bits per heavy atom. The summed E-state index contributed by atoms with van der Waals surface area (Å²) in [6.45, 7) is 5.39. The van der Waals surface area contributed by atoms with Crippen LogP contribution >= 0.6 is 0 Å². The van der Waals surface area contributed by atoms with Gasteiger partial charge in [0.2, 0.25) is 10.0 Å². The predicted molar refractivity (Wildman–Crippen MR) is 110 cm³/mol. The molecule has 0 saturated carbocycles. The number of aromatic amines is 1. The first-order valence-electron chi connectivity index (χ1n) is 9.40. The number of benzene rings is 1. The Hall–Kier alpha value is -2.55. The highest BCUT2D eigenvalue weighted by Crippen LogP contribution is 2.31. The quantitative estimate of drug-likeness (QED) is 0.709. The molecule has 152 valence electrons. The van der Waals surface area contributed by atoms with Crippen LogP contribution in [0.4, 0.5) is 16.2 Å². The van der Waals surface area contributed by atoms with Gasteiger partial charge in [0, 0.05) is 24.7 Å². The summed E-state index contributed by atoms with van der Waals surface area (Å²) < 4.78 is 25.6. The molecule has 0 radical (unpaired) electrons. The molecule has 1 fully saturated rings. The fourth-order valence-electron chi connectivity index (χ4n) is 3.46. The van der Waals surface area contributed by atoms with Gasteiger partial charge in [-0.2, -0.15) is 5.10 Å². The van der Waals surface area contributed by atoms with E-state index in [0.29, 0.717) is 30.4 Å². The van der Waals surface area contributed by atoms with Crippen molar-refractivity contribution in [3.05, 3.63) is 41.7 Å². The Morgan fingerprint density at radius 1 is 1.36 bits per heavy atom. The second-order valence-electron chi connectivity index (χ2n) is 7.57. The number of nitrogens with one attached hydrogen (secondary N) is 3. The van der Waals surface area contributed by atoms with Crippen LogP contribution in [0, 0.1) is 0 Å². The van der Waals surface area contributed by atoms with Crippen molar-refractivity contribution < 1.29 is 13.2 Å². The van der Waals surface area contributed by atoms with Gasteiger partial charge in [-0.1, -0.05) is 26.0 Å². The number of amides is 2. The third kappa shape index (κ3) is 5.03. The number of anilines is 2. The maximum Gasteiger partial charge on any atom is 0.321 e. The minimum absolute atomic E-state index is 0.00625. The molecule has 0 bridgehead atoms. The summed E-state index contributed by atoms with van der Waals surface area (Å²) in [6.07, 6.45) is 4.26. The molecule has 1 aromatic carbocycles. The molecule has 0 aliphatic carbocycles. The molecule has 2 heterocycles. The van der Waals surface area contributed by atoms with Crippen LogP contribution in [0.5, 0.6) is 0 Å². The predicted octanol–water partition coefficient (Wildman–Crippen LogP) is 3.32. The highest BCUT2D eigenvalue weighted by molar-refractivity contribution is 7.92. The van der Waals surface area contributed by atoms with Crippen molar-refractivity contribution in [2.75, 3.05) is 29.4 Å². The lowest BCUT2D eigenvalue weighted by molar-refractivity contribution is 0.192. The molecule has 1 saturated heterocycles. The van der Waals surface area contributed by atoms with Crippen molar-refractivity contribution in [2.45, 2.75) is 38.5 Å². The maximum absolute atomic E-state index is 12.8. The van der Waals surface area contributed by atoms with Crippen molar-refractivity contribution in [1.82, 2.24) is 15.1 Å². The van der Waals surface area contributed by atoms with Crippen molar-refractivity contribution in [1.29, 1.82) is 0 Å². The number of urea groups is 1. The summed E-state index contributed by atoms with van der Waals surface area (Å²) in [6, 6.07) is 7.72. The van der Waals surface area contributed by atoms with Gasteiger partial charge < -0.3 is 10.2 Å². The Bertz CT molecular complexity index is 939. The van der Waals surface area contributed by atoms with Crippen LogP contribution in [0.15, 0.2) is 30.5 Å². The van der Waals surface area contributed by atoms with Crippen molar-refractivity contribution >= 4 is 27.4 Å². The summed E-state index contributed by atoms with van der Waals surface area (Å²) in [5, 5.41) is 9.84. The van der Waals surface area contributed by atoms with E-state index in [1.807, 2.05) is 24.3 Å². The van der Waals surface area contributed by atoms with Crippen molar-refractivity contribution in [3.63, 3.8) is 0 Å². The number of rotatable bonds is 5. The average Bonchev–Trinajstić information content (AvgIpc) is 3.08. The molecule has 1 aliphatic heterocycles. The molecule has 2 aromatic rings. The minimum atomic E-state index is -3.39. The molecule has 0 unspecified atom stereocenters. The van der Waals surface area contributed by atoms with Gasteiger partial charge in [0.05, 0.1) is 23.8 Å². The van der Waals surface area contributed by atoms with Crippen LogP contribution < -0.4 is 10.0 Å². The van der Waals surface area contributed by atoms with Gasteiger partial charge in [-0.05, 0) is 36.5 Å². The fraction of sp³-hybridized carbons (Fsp3) is 0.474. The summed E-state index contributed by atoms with van der Waals surface area (Å²) in [5.41, 5.74) is 3.10.